The number of nitrogens with zero attached hydrogens (tertiary/aromatic N) is 1. The lowest BCUT2D eigenvalue weighted by atomic mass is 9.82. The molecular formula is C11H13NO3S. The van der Waals surface area contributed by atoms with Crippen LogP contribution in [0.3, 0.4) is 0 Å². The standard InChI is InChI=1S/C11H13NO3S/c1-7-11(2,3)9-5-4-8(16(13,14)15)6-10(9)12-7/h4-6H,1-3H3,(H,13,14,15). The number of hydrogen-bond donors (Lipinski definition) is 1. The van der Waals surface area contributed by atoms with Crippen molar-refractivity contribution in [3.8, 4) is 0 Å². The molecule has 1 aromatic rings. The molecule has 1 heterocycles. The SMILES string of the molecule is CC1=Nc2cc(S(=O)(=O)O)ccc2C1(C)C. The summed E-state index contributed by atoms with van der Waals surface area (Å²) in [7, 11) is -4.15. The normalized spacial score (nSPS) is 18.1. The molecule has 4 nitrogen and oxygen atoms in total. The maximum Gasteiger partial charge on any atom is 0.294 e. The smallest absolute Gasteiger partial charge is 0.282 e. The molecule has 0 aliphatic carbocycles. The minimum Gasteiger partial charge on any atom is -0.282 e. The second-order valence-corrected chi connectivity index (χ2v) is 5.90. The van der Waals surface area contributed by atoms with Gasteiger partial charge in [-0.25, -0.2) is 0 Å². The molecule has 0 spiro atoms. The molecule has 0 saturated carbocycles. The average Bonchev–Trinajstić information content (AvgIpc) is 2.36. The zero-order valence-corrected chi connectivity index (χ0v) is 10.2. The Balaban J connectivity index is 2.65. The molecule has 0 fully saturated rings. The van der Waals surface area contributed by atoms with Gasteiger partial charge in [-0.2, -0.15) is 8.42 Å². The molecule has 1 aromatic carbocycles. The summed E-state index contributed by atoms with van der Waals surface area (Å²) < 4.78 is 30.9. The number of benzene rings is 1. The van der Waals surface area contributed by atoms with Crippen LogP contribution in [0.4, 0.5) is 5.69 Å². The molecule has 0 unspecified atom stereocenters. The van der Waals surface area contributed by atoms with Crippen LogP contribution in [0.5, 0.6) is 0 Å². The summed E-state index contributed by atoms with van der Waals surface area (Å²) in [6.07, 6.45) is 0. The van der Waals surface area contributed by atoms with Crippen molar-refractivity contribution in [1.82, 2.24) is 0 Å². The Labute approximate surface area is 94.8 Å². The minimum absolute atomic E-state index is 0.111. The van der Waals surface area contributed by atoms with Crippen LogP contribution < -0.4 is 0 Å². The summed E-state index contributed by atoms with van der Waals surface area (Å²) in [6.45, 7) is 5.97. The van der Waals surface area contributed by atoms with Crippen molar-refractivity contribution < 1.29 is 13.0 Å². The molecule has 16 heavy (non-hydrogen) atoms. The molecular weight excluding hydrogens is 226 g/mol. The summed E-state index contributed by atoms with van der Waals surface area (Å²) in [5, 5.41) is 0. The third-order valence-corrected chi connectivity index (χ3v) is 3.98. The minimum atomic E-state index is -4.15. The van der Waals surface area contributed by atoms with E-state index in [-0.39, 0.29) is 10.3 Å². The fourth-order valence-corrected chi connectivity index (χ4v) is 2.31. The summed E-state index contributed by atoms with van der Waals surface area (Å²) in [5.74, 6) is 0. The van der Waals surface area contributed by atoms with Gasteiger partial charge in [0.05, 0.1) is 10.6 Å². The van der Waals surface area contributed by atoms with Crippen LogP contribution in [0.1, 0.15) is 26.3 Å². The summed E-state index contributed by atoms with van der Waals surface area (Å²) >= 11 is 0. The third kappa shape index (κ3) is 1.56. The first kappa shape index (κ1) is 11.3. The number of aliphatic imine (C=N–C) groups is 1. The van der Waals surface area contributed by atoms with Gasteiger partial charge in [-0.15, -0.1) is 0 Å². The molecule has 0 saturated heterocycles. The van der Waals surface area contributed by atoms with Gasteiger partial charge in [0.2, 0.25) is 0 Å². The molecule has 1 aliphatic heterocycles. The zero-order chi connectivity index (χ0) is 12.1. The quantitative estimate of drug-likeness (QED) is 0.765. The van der Waals surface area contributed by atoms with Crippen molar-refractivity contribution >= 4 is 21.5 Å². The Kier molecular flexibility index (Phi) is 2.22. The lowest BCUT2D eigenvalue weighted by molar-refractivity contribution is 0.483. The molecule has 1 aliphatic rings. The molecule has 0 bridgehead atoms. The van der Waals surface area contributed by atoms with E-state index in [0.29, 0.717) is 5.69 Å². The van der Waals surface area contributed by atoms with Crippen LogP contribution in [0.2, 0.25) is 0 Å². The Hall–Kier alpha value is -1.20. The Bertz CT molecular complexity index is 585. The number of hydrogen-bond acceptors (Lipinski definition) is 3. The van der Waals surface area contributed by atoms with Crippen molar-refractivity contribution in [2.45, 2.75) is 31.1 Å². The third-order valence-electron chi connectivity index (χ3n) is 3.13. The molecule has 0 atom stereocenters. The van der Waals surface area contributed by atoms with Gasteiger partial charge in [-0.05, 0) is 24.6 Å². The highest BCUT2D eigenvalue weighted by atomic mass is 32.2. The van der Waals surface area contributed by atoms with Crippen molar-refractivity contribution in [3.63, 3.8) is 0 Å². The highest BCUT2D eigenvalue weighted by molar-refractivity contribution is 7.85. The van der Waals surface area contributed by atoms with Crippen LogP contribution in [-0.4, -0.2) is 18.7 Å². The molecule has 5 heteroatoms. The van der Waals surface area contributed by atoms with Crippen molar-refractivity contribution in [3.05, 3.63) is 23.8 Å². The highest BCUT2D eigenvalue weighted by Crippen LogP contribution is 2.40. The summed E-state index contributed by atoms with van der Waals surface area (Å²) in [6, 6.07) is 4.52. The monoisotopic (exact) mass is 239 g/mol. The molecule has 86 valence electrons. The fourth-order valence-electron chi connectivity index (χ4n) is 1.81. The van der Waals surface area contributed by atoms with Crippen LogP contribution >= 0.6 is 0 Å². The van der Waals surface area contributed by atoms with Gasteiger partial charge < -0.3 is 0 Å². The first-order valence-electron chi connectivity index (χ1n) is 4.91. The highest BCUT2D eigenvalue weighted by Gasteiger charge is 2.32. The Morgan fingerprint density at radius 1 is 1.31 bits per heavy atom. The number of rotatable bonds is 1. The molecule has 0 aromatic heterocycles. The van der Waals surface area contributed by atoms with E-state index in [1.165, 1.54) is 12.1 Å². The average molecular weight is 239 g/mol. The van der Waals surface area contributed by atoms with Gasteiger partial charge in [0.15, 0.2) is 0 Å². The van der Waals surface area contributed by atoms with Crippen LogP contribution in [0, 0.1) is 0 Å². The predicted molar refractivity (Wildman–Crippen MR) is 62.1 cm³/mol. The van der Waals surface area contributed by atoms with Gasteiger partial charge in [-0.1, -0.05) is 19.9 Å². The van der Waals surface area contributed by atoms with E-state index in [9.17, 15) is 8.42 Å². The molecule has 2 rings (SSSR count). The van der Waals surface area contributed by atoms with Crippen LogP contribution in [0.15, 0.2) is 28.1 Å². The van der Waals surface area contributed by atoms with E-state index in [0.717, 1.165) is 11.3 Å². The topological polar surface area (TPSA) is 66.7 Å². The zero-order valence-electron chi connectivity index (χ0n) is 9.35. The van der Waals surface area contributed by atoms with E-state index < -0.39 is 10.1 Å². The van der Waals surface area contributed by atoms with Crippen molar-refractivity contribution in [2.24, 2.45) is 4.99 Å². The maximum atomic E-state index is 11.0. The van der Waals surface area contributed by atoms with Gasteiger partial charge >= 0.3 is 0 Å². The summed E-state index contributed by atoms with van der Waals surface area (Å²) in [5.41, 5.74) is 2.37. The van der Waals surface area contributed by atoms with Crippen molar-refractivity contribution in [1.29, 1.82) is 0 Å². The summed E-state index contributed by atoms with van der Waals surface area (Å²) in [4.78, 5) is 4.21. The maximum absolute atomic E-state index is 11.0. The fraction of sp³-hybridized carbons (Fsp3) is 0.364. The van der Waals surface area contributed by atoms with Gasteiger partial charge in [0.25, 0.3) is 10.1 Å². The Morgan fingerprint density at radius 3 is 2.50 bits per heavy atom. The van der Waals surface area contributed by atoms with Crippen LogP contribution in [-0.2, 0) is 15.5 Å². The van der Waals surface area contributed by atoms with E-state index in [1.54, 1.807) is 6.07 Å². The van der Waals surface area contributed by atoms with E-state index >= 15 is 0 Å². The van der Waals surface area contributed by atoms with E-state index in [4.69, 9.17) is 4.55 Å². The lowest BCUT2D eigenvalue weighted by Gasteiger charge is -2.19. The first-order chi connectivity index (χ1) is 7.23. The first-order valence-corrected chi connectivity index (χ1v) is 6.35. The Morgan fingerprint density at radius 2 is 1.94 bits per heavy atom. The molecule has 1 N–H and O–H groups in total. The van der Waals surface area contributed by atoms with Crippen LogP contribution in [0.25, 0.3) is 0 Å². The van der Waals surface area contributed by atoms with Crippen molar-refractivity contribution in [2.75, 3.05) is 0 Å². The second kappa shape index (κ2) is 3.15. The second-order valence-electron chi connectivity index (χ2n) is 4.48. The molecule has 0 amide bonds. The van der Waals surface area contributed by atoms with Gasteiger partial charge in [0, 0.05) is 11.1 Å². The van der Waals surface area contributed by atoms with Gasteiger partial charge in [-0.3, -0.25) is 9.55 Å². The largest absolute Gasteiger partial charge is 0.294 e. The predicted octanol–water partition coefficient (Wildman–Crippen LogP) is 2.32. The van der Waals surface area contributed by atoms with E-state index in [1.807, 2.05) is 20.8 Å². The molecule has 0 radical (unpaired) electrons. The van der Waals surface area contributed by atoms with E-state index in [2.05, 4.69) is 4.99 Å². The lowest BCUT2D eigenvalue weighted by Crippen LogP contribution is -2.22. The van der Waals surface area contributed by atoms with Gasteiger partial charge in [0.1, 0.15) is 0 Å². The number of fused-ring (bicyclic) bond motifs is 1.